The molecule has 114 valence electrons. The summed E-state index contributed by atoms with van der Waals surface area (Å²) in [5.74, 6) is 0.990. The molecule has 1 aromatic carbocycles. The molecule has 7 heteroatoms. The topological polar surface area (TPSA) is 55.6 Å². The minimum atomic E-state index is 0.837. The number of aromatic nitrogens is 4. The Hall–Kier alpha value is -1.70. The lowest BCUT2D eigenvalue weighted by Crippen LogP contribution is -2.14. The Kier molecular flexibility index (Phi) is 5.58. The fourth-order valence-corrected chi connectivity index (χ4v) is 3.49. The quantitative estimate of drug-likeness (QED) is 0.508. The highest BCUT2D eigenvalue weighted by Crippen LogP contribution is 2.18. The van der Waals surface area contributed by atoms with E-state index in [1.54, 1.807) is 27.8 Å². The van der Waals surface area contributed by atoms with Crippen LogP contribution in [-0.4, -0.2) is 32.5 Å². The summed E-state index contributed by atoms with van der Waals surface area (Å²) >= 11 is 3.42. The summed E-state index contributed by atoms with van der Waals surface area (Å²) in [6.45, 7) is 1.94. The number of nitrogens with zero attached hydrogens (tertiary/aromatic N) is 4. The second-order valence-electron chi connectivity index (χ2n) is 4.72. The van der Waals surface area contributed by atoms with Crippen molar-refractivity contribution in [2.45, 2.75) is 18.1 Å². The number of nitrogens with one attached hydrogen (secondary N) is 1. The second kappa shape index (κ2) is 8.07. The van der Waals surface area contributed by atoms with E-state index >= 15 is 0 Å². The Morgan fingerprint density at radius 1 is 1.18 bits per heavy atom. The number of thiophene rings is 1. The van der Waals surface area contributed by atoms with Crippen LogP contribution in [0.5, 0.6) is 0 Å². The van der Waals surface area contributed by atoms with E-state index in [-0.39, 0.29) is 0 Å². The molecule has 2 aromatic heterocycles. The Morgan fingerprint density at radius 2 is 2.09 bits per heavy atom. The van der Waals surface area contributed by atoms with Crippen LogP contribution >= 0.6 is 23.1 Å². The summed E-state index contributed by atoms with van der Waals surface area (Å²) in [6.07, 6.45) is 1.08. The first-order chi connectivity index (χ1) is 10.9. The van der Waals surface area contributed by atoms with Gasteiger partial charge in [0.1, 0.15) is 0 Å². The molecule has 0 aliphatic rings. The third kappa shape index (κ3) is 4.16. The minimum absolute atomic E-state index is 0.837. The number of tetrazole rings is 1. The van der Waals surface area contributed by atoms with Gasteiger partial charge in [-0.15, -0.1) is 5.10 Å². The van der Waals surface area contributed by atoms with Crippen molar-refractivity contribution in [3.8, 4) is 5.69 Å². The molecule has 0 spiro atoms. The van der Waals surface area contributed by atoms with Crippen LogP contribution in [0.1, 0.15) is 12.0 Å². The van der Waals surface area contributed by atoms with Crippen molar-refractivity contribution in [2.75, 3.05) is 12.3 Å². The zero-order valence-electron chi connectivity index (χ0n) is 12.1. The summed E-state index contributed by atoms with van der Waals surface area (Å²) in [5.41, 5.74) is 2.34. The predicted octanol–water partition coefficient (Wildman–Crippen LogP) is 3.00. The SMILES string of the molecule is c1ccc(-n2nnnc2SCCCNCc2ccsc2)cc1. The zero-order valence-corrected chi connectivity index (χ0v) is 13.7. The molecule has 0 aliphatic heterocycles. The van der Waals surface area contributed by atoms with Gasteiger partial charge in [0.15, 0.2) is 0 Å². The molecule has 0 bridgehead atoms. The van der Waals surface area contributed by atoms with Gasteiger partial charge in [0.05, 0.1) is 5.69 Å². The third-order valence-corrected chi connectivity index (χ3v) is 4.82. The van der Waals surface area contributed by atoms with Gasteiger partial charge in [-0.25, -0.2) is 0 Å². The van der Waals surface area contributed by atoms with Crippen LogP contribution in [0, 0.1) is 0 Å². The molecular weight excluding hydrogens is 314 g/mol. The molecule has 0 unspecified atom stereocenters. The Balaban J connectivity index is 1.42. The van der Waals surface area contributed by atoms with Gasteiger partial charge in [0, 0.05) is 12.3 Å². The second-order valence-corrected chi connectivity index (χ2v) is 6.56. The number of para-hydroxylation sites is 1. The van der Waals surface area contributed by atoms with Crippen LogP contribution in [0.2, 0.25) is 0 Å². The largest absolute Gasteiger partial charge is 0.313 e. The Morgan fingerprint density at radius 3 is 2.91 bits per heavy atom. The van der Waals surface area contributed by atoms with E-state index in [9.17, 15) is 0 Å². The van der Waals surface area contributed by atoms with E-state index in [0.717, 1.165) is 36.1 Å². The predicted molar refractivity (Wildman–Crippen MR) is 90.5 cm³/mol. The Bertz CT molecular complexity index is 666. The number of hydrogen-bond acceptors (Lipinski definition) is 6. The maximum absolute atomic E-state index is 4.10. The lowest BCUT2D eigenvalue weighted by atomic mass is 10.3. The number of rotatable bonds is 8. The van der Waals surface area contributed by atoms with Crippen molar-refractivity contribution in [1.82, 2.24) is 25.5 Å². The fourth-order valence-electron chi connectivity index (χ4n) is 1.99. The maximum atomic E-state index is 4.10. The molecule has 0 aliphatic carbocycles. The molecule has 5 nitrogen and oxygen atoms in total. The third-order valence-electron chi connectivity index (χ3n) is 3.08. The first kappa shape index (κ1) is 15.2. The standard InChI is InChI=1S/C15H17N5S2/c1-2-5-14(6-3-1)20-15(17-18-19-20)22-9-4-8-16-11-13-7-10-21-12-13/h1-3,5-7,10,12,16H,4,8-9,11H2. The monoisotopic (exact) mass is 331 g/mol. The number of thioether (sulfide) groups is 1. The molecule has 0 radical (unpaired) electrons. The van der Waals surface area contributed by atoms with Crippen molar-refractivity contribution in [2.24, 2.45) is 0 Å². The van der Waals surface area contributed by atoms with Crippen molar-refractivity contribution in [3.63, 3.8) is 0 Å². The average Bonchev–Trinajstić information content (AvgIpc) is 3.23. The van der Waals surface area contributed by atoms with Crippen LogP contribution in [0.4, 0.5) is 0 Å². The summed E-state index contributed by atoms with van der Waals surface area (Å²) in [6, 6.07) is 12.1. The van der Waals surface area contributed by atoms with Gasteiger partial charge in [-0.3, -0.25) is 0 Å². The molecule has 0 amide bonds. The summed E-state index contributed by atoms with van der Waals surface area (Å²) in [4.78, 5) is 0. The molecule has 3 aromatic rings. The first-order valence-corrected chi connectivity index (χ1v) is 9.05. The van der Waals surface area contributed by atoms with Crippen LogP contribution in [0.15, 0.2) is 52.3 Å². The fraction of sp³-hybridized carbons (Fsp3) is 0.267. The van der Waals surface area contributed by atoms with Gasteiger partial charge < -0.3 is 5.32 Å². The minimum Gasteiger partial charge on any atom is -0.313 e. The molecule has 0 atom stereocenters. The molecule has 0 saturated carbocycles. The van der Waals surface area contributed by atoms with Crippen LogP contribution < -0.4 is 5.32 Å². The van der Waals surface area contributed by atoms with Gasteiger partial charge in [-0.05, 0) is 57.9 Å². The maximum Gasteiger partial charge on any atom is 0.214 e. The Labute approximate surface area is 137 Å². The lowest BCUT2D eigenvalue weighted by Gasteiger charge is -2.05. The van der Waals surface area contributed by atoms with Crippen molar-refractivity contribution >= 4 is 23.1 Å². The van der Waals surface area contributed by atoms with Crippen LogP contribution in [0.3, 0.4) is 0 Å². The molecule has 0 saturated heterocycles. The molecule has 1 N–H and O–H groups in total. The summed E-state index contributed by atoms with van der Waals surface area (Å²) in [7, 11) is 0. The number of benzene rings is 1. The van der Waals surface area contributed by atoms with Gasteiger partial charge in [0.2, 0.25) is 5.16 Å². The highest BCUT2D eigenvalue weighted by atomic mass is 32.2. The van der Waals surface area contributed by atoms with Crippen LogP contribution in [-0.2, 0) is 6.54 Å². The highest BCUT2D eigenvalue weighted by Gasteiger charge is 2.07. The van der Waals surface area contributed by atoms with Crippen molar-refractivity contribution in [1.29, 1.82) is 0 Å². The van der Waals surface area contributed by atoms with E-state index in [1.165, 1.54) is 5.56 Å². The molecule has 0 fully saturated rings. The smallest absolute Gasteiger partial charge is 0.214 e. The van der Waals surface area contributed by atoms with Gasteiger partial charge in [-0.1, -0.05) is 30.0 Å². The average molecular weight is 331 g/mol. The van der Waals surface area contributed by atoms with E-state index in [2.05, 4.69) is 37.7 Å². The summed E-state index contributed by atoms with van der Waals surface area (Å²) < 4.78 is 1.78. The van der Waals surface area contributed by atoms with Gasteiger partial charge >= 0.3 is 0 Å². The van der Waals surface area contributed by atoms with Gasteiger partial charge in [0.25, 0.3) is 0 Å². The van der Waals surface area contributed by atoms with E-state index in [1.807, 2.05) is 30.3 Å². The molecule has 22 heavy (non-hydrogen) atoms. The van der Waals surface area contributed by atoms with Crippen LogP contribution in [0.25, 0.3) is 5.69 Å². The highest BCUT2D eigenvalue weighted by molar-refractivity contribution is 7.99. The zero-order chi connectivity index (χ0) is 15.0. The molecular formula is C15H17N5S2. The van der Waals surface area contributed by atoms with Gasteiger partial charge in [-0.2, -0.15) is 16.0 Å². The molecule has 2 heterocycles. The van der Waals surface area contributed by atoms with Crippen molar-refractivity contribution in [3.05, 3.63) is 52.7 Å². The first-order valence-electron chi connectivity index (χ1n) is 7.12. The van der Waals surface area contributed by atoms with Crippen molar-refractivity contribution < 1.29 is 0 Å². The van der Waals surface area contributed by atoms with E-state index in [0.29, 0.717) is 0 Å². The molecule has 3 rings (SSSR count). The van der Waals surface area contributed by atoms with E-state index < -0.39 is 0 Å². The summed E-state index contributed by atoms with van der Waals surface area (Å²) in [5, 5.41) is 20.5. The van der Waals surface area contributed by atoms with E-state index in [4.69, 9.17) is 0 Å². The lowest BCUT2D eigenvalue weighted by molar-refractivity contribution is 0.679. The number of hydrogen-bond donors (Lipinski definition) is 1. The normalized spacial score (nSPS) is 10.9.